The molecule has 1 saturated heterocycles. The summed E-state index contributed by atoms with van der Waals surface area (Å²) in [5, 5.41) is 20.3. The number of phenolic OH excluding ortho intramolecular Hbond substituents is 1. The molecule has 8 heteroatoms. The number of phenols is 1. The summed E-state index contributed by atoms with van der Waals surface area (Å²) in [5.41, 5.74) is 3.79. The fraction of sp³-hybridized carbons (Fsp3) is 0.333. The lowest BCUT2D eigenvalue weighted by atomic mass is 10.1. The van der Waals surface area contributed by atoms with Gasteiger partial charge in [0, 0.05) is 54.9 Å². The van der Waals surface area contributed by atoms with Gasteiger partial charge in [-0.1, -0.05) is 0 Å². The van der Waals surface area contributed by atoms with Crippen molar-refractivity contribution in [2.45, 2.75) is 19.4 Å². The number of rotatable bonds is 3. The zero-order valence-electron chi connectivity index (χ0n) is 16.7. The van der Waals surface area contributed by atoms with E-state index in [0.717, 1.165) is 47.1 Å². The second kappa shape index (κ2) is 6.66. The summed E-state index contributed by atoms with van der Waals surface area (Å²) in [7, 11) is 3.87. The van der Waals surface area contributed by atoms with Gasteiger partial charge < -0.3 is 15.3 Å². The van der Waals surface area contributed by atoms with Gasteiger partial charge >= 0.3 is 0 Å². The Kier molecular flexibility index (Phi) is 4.09. The molecule has 8 nitrogen and oxygen atoms in total. The van der Waals surface area contributed by atoms with E-state index < -0.39 is 0 Å². The summed E-state index contributed by atoms with van der Waals surface area (Å²) in [4.78, 5) is 16.0. The van der Waals surface area contributed by atoms with Crippen molar-refractivity contribution in [3.05, 3.63) is 36.3 Å². The predicted molar refractivity (Wildman–Crippen MR) is 113 cm³/mol. The fourth-order valence-corrected chi connectivity index (χ4v) is 4.06. The first-order valence-corrected chi connectivity index (χ1v) is 9.75. The molecule has 0 saturated carbocycles. The van der Waals surface area contributed by atoms with E-state index >= 15 is 0 Å². The van der Waals surface area contributed by atoms with Crippen LogP contribution in [0.4, 0.5) is 5.69 Å². The molecule has 1 aliphatic rings. The largest absolute Gasteiger partial charge is 0.507 e. The second-order valence-electron chi connectivity index (χ2n) is 7.66. The van der Waals surface area contributed by atoms with Crippen LogP contribution in [0.2, 0.25) is 0 Å². The maximum absolute atomic E-state index is 10.7. The van der Waals surface area contributed by atoms with E-state index in [4.69, 9.17) is 0 Å². The molecule has 1 aromatic carbocycles. The number of nitrogens with zero attached hydrogens (tertiary/aromatic N) is 6. The normalized spacial score (nSPS) is 16.9. The predicted octanol–water partition coefficient (Wildman–Crippen LogP) is 2.39. The number of benzene rings is 1. The van der Waals surface area contributed by atoms with Crippen LogP contribution in [0.15, 0.2) is 30.7 Å². The van der Waals surface area contributed by atoms with Crippen LogP contribution in [0.1, 0.15) is 12.0 Å². The van der Waals surface area contributed by atoms with Crippen molar-refractivity contribution < 1.29 is 5.11 Å². The number of hydrogen-bond donors (Lipinski definition) is 2. The number of likely N-dealkylation sites (N-methyl/N-ethyl adjacent to an activating group) is 1. The van der Waals surface area contributed by atoms with Crippen LogP contribution in [0, 0.1) is 6.92 Å². The molecule has 5 rings (SSSR count). The van der Waals surface area contributed by atoms with Crippen LogP contribution in [0.5, 0.6) is 5.75 Å². The number of hydrogen-bond acceptors (Lipinski definition) is 7. The molecule has 4 aromatic rings. The average molecular weight is 389 g/mol. The summed E-state index contributed by atoms with van der Waals surface area (Å²) >= 11 is 0. The van der Waals surface area contributed by atoms with Crippen molar-refractivity contribution in [2.24, 2.45) is 7.05 Å². The summed E-state index contributed by atoms with van der Waals surface area (Å²) < 4.78 is 1.74. The number of anilines is 1. The molecule has 0 amide bonds. The SMILES string of the molecule is CNC1CCN(c2cnc3nc(-c4cc5cn(C)nc5c(C)c4O)ncc3c2)C1. The monoisotopic (exact) mass is 389 g/mol. The molecule has 148 valence electrons. The molecule has 1 unspecified atom stereocenters. The Morgan fingerprint density at radius 3 is 2.83 bits per heavy atom. The van der Waals surface area contributed by atoms with Gasteiger partial charge in [-0.05, 0) is 32.5 Å². The Balaban J connectivity index is 1.54. The van der Waals surface area contributed by atoms with Crippen molar-refractivity contribution in [3.8, 4) is 17.1 Å². The van der Waals surface area contributed by atoms with Crippen LogP contribution in [0.3, 0.4) is 0 Å². The first-order chi connectivity index (χ1) is 14.0. The first-order valence-electron chi connectivity index (χ1n) is 9.75. The third-order valence-electron chi connectivity index (χ3n) is 5.74. The summed E-state index contributed by atoms with van der Waals surface area (Å²) in [6.45, 7) is 3.84. The maximum atomic E-state index is 10.7. The Morgan fingerprint density at radius 1 is 1.17 bits per heavy atom. The Labute approximate surface area is 168 Å². The molecule has 0 bridgehead atoms. The summed E-state index contributed by atoms with van der Waals surface area (Å²) in [6, 6.07) is 4.47. The number of aromatic hydroxyl groups is 1. The lowest BCUT2D eigenvalue weighted by Crippen LogP contribution is -2.29. The molecule has 4 heterocycles. The lowest BCUT2D eigenvalue weighted by molar-refractivity contribution is 0.473. The van der Waals surface area contributed by atoms with E-state index in [0.29, 0.717) is 23.1 Å². The van der Waals surface area contributed by atoms with Crippen molar-refractivity contribution >= 4 is 27.6 Å². The lowest BCUT2D eigenvalue weighted by Gasteiger charge is -2.18. The minimum atomic E-state index is 0.155. The van der Waals surface area contributed by atoms with Crippen LogP contribution < -0.4 is 10.2 Å². The minimum absolute atomic E-state index is 0.155. The topological polar surface area (TPSA) is 92.0 Å². The summed E-state index contributed by atoms with van der Waals surface area (Å²) in [5.74, 6) is 0.614. The molecule has 0 radical (unpaired) electrons. The highest BCUT2D eigenvalue weighted by atomic mass is 16.3. The highest BCUT2D eigenvalue weighted by Crippen LogP contribution is 2.35. The minimum Gasteiger partial charge on any atom is -0.507 e. The van der Waals surface area contributed by atoms with Gasteiger partial charge in [0.15, 0.2) is 11.5 Å². The van der Waals surface area contributed by atoms with E-state index in [-0.39, 0.29) is 5.75 Å². The fourth-order valence-electron chi connectivity index (χ4n) is 4.06. The Bertz CT molecular complexity index is 1230. The quantitative estimate of drug-likeness (QED) is 0.556. The molecular formula is C21H23N7O. The Hall–Kier alpha value is -3.26. The van der Waals surface area contributed by atoms with Crippen LogP contribution in [-0.2, 0) is 7.05 Å². The van der Waals surface area contributed by atoms with Crippen molar-refractivity contribution in [1.82, 2.24) is 30.0 Å². The Morgan fingerprint density at radius 2 is 2.03 bits per heavy atom. The van der Waals surface area contributed by atoms with Crippen molar-refractivity contribution in [2.75, 3.05) is 25.0 Å². The van der Waals surface area contributed by atoms with Crippen LogP contribution in [0.25, 0.3) is 33.3 Å². The molecule has 1 aliphatic heterocycles. The van der Waals surface area contributed by atoms with E-state index in [2.05, 4.69) is 36.3 Å². The van der Waals surface area contributed by atoms with Gasteiger partial charge in [0.05, 0.1) is 23.0 Å². The van der Waals surface area contributed by atoms with Gasteiger partial charge in [-0.15, -0.1) is 0 Å². The molecule has 1 fully saturated rings. The molecule has 2 N–H and O–H groups in total. The van der Waals surface area contributed by atoms with Gasteiger partial charge in [-0.3, -0.25) is 4.68 Å². The van der Waals surface area contributed by atoms with Crippen LogP contribution >= 0.6 is 0 Å². The second-order valence-corrected chi connectivity index (χ2v) is 7.66. The van der Waals surface area contributed by atoms with E-state index in [1.165, 1.54) is 0 Å². The smallest absolute Gasteiger partial charge is 0.165 e. The van der Waals surface area contributed by atoms with Gasteiger partial charge in [0.25, 0.3) is 0 Å². The number of pyridine rings is 1. The van der Waals surface area contributed by atoms with Crippen molar-refractivity contribution in [1.29, 1.82) is 0 Å². The maximum Gasteiger partial charge on any atom is 0.165 e. The molecule has 3 aromatic heterocycles. The average Bonchev–Trinajstić information content (AvgIpc) is 3.36. The van der Waals surface area contributed by atoms with Crippen LogP contribution in [-0.4, -0.2) is 56.0 Å². The summed E-state index contributed by atoms with van der Waals surface area (Å²) in [6.07, 6.45) is 6.69. The van der Waals surface area contributed by atoms with Gasteiger partial charge in [0.2, 0.25) is 0 Å². The van der Waals surface area contributed by atoms with Crippen molar-refractivity contribution in [3.63, 3.8) is 0 Å². The van der Waals surface area contributed by atoms with E-state index in [9.17, 15) is 5.11 Å². The number of aromatic nitrogens is 5. The number of aryl methyl sites for hydroxylation is 2. The highest BCUT2D eigenvalue weighted by Gasteiger charge is 2.22. The van der Waals surface area contributed by atoms with Gasteiger partial charge in [-0.2, -0.15) is 5.10 Å². The zero-order chi connectivity index (χ0) is 20.1. The standard InChI is InChI=1S/C21H23N7O/c1-12-18-14(10-27(3)26-18)7-17(19(12)29)21-23-8-13-6-16(9-24-20(13)25-21)28-5-4-15(11-28)22-2/h6-10,15,22,29H,4-5,11H2,1-3H3. The number of fused-ring (bicyclic) bond motifs is 2. The zero-order valence-corrected chi connectivity index (χ0v) is 16.7. The molecule has 0 aliphatic carbocycles. The van der Waals surface area contributed by atoms with Gasteiger partial charge in [0.1, 0.15) is 5.75 Å². The molecule has 29 heavy (non-hydrogen) atoms. The molecule has 0 spiro atoms. The third kappa shape index (κ3) is 2.96. The van der Waals surface area contributed by atoms with E-state index in [1.54, 1.807) is 10.9 Å². The molecule has 1 atom stereocenters. The highest BCUT2D eigenvalue weighted by molar-refractivity contribution is 5.90. The number of nitrogens with one attached hydrogen (secondary N) is 1. The first kappa shape index (κ1) is 17.8. The van der Waals surface area contributed by atoms with E-state index in [1.807, 2.05) is 39.5 Å². The molecular weight excluding hydrogens is 366 g/mol. The van der Waals surface area contributed by atoms with Gasteiger partial charge in [-0.25, -0.2) is 15.0 Å². The third-order valence-corrected chi connectivity index (χ3v) is 5.74.